The number of hydrogen-bond acceptors (Lipinski definition) is 2. The number of rotatable bonds is 3. The molecule has 2 heteroatoms. The molecule has 1 aliphatic heterocycles. The summed E-state index contributed by atoms with van der Waals surface area (Å²) in [6, 6.07) is 9.55. The highest BCUT2D eigenvalue weighted by molar-refractivity contribution is 5.70. The highest BCUT2D eigenvalue weighted by Gasteiger charge is 2.24. The molecule has 1 saturated heterocycles. The molecular weight excluding hydrogens is 232 g/mol. The van der Waals surface area contributed by atoms with E-state index in [4.69, 9.17) is 0 Å². The Morgan fingerprint density at radius 3 is 2.53 bits per heavy atom. The van der Waals surface area contributed by atoms with Crippen molar-refractivity contribution in [3.8, 4) is 0 Å². The fourth-order valence-electron chi connectivity index (χ4n) is 3.57. The van der Waals surface area contributed by atoms with Crippen molar-refractivity contribution in [3.63, 3.8) is 0 Å². The second-order valence-corrected chi connectivity index (χ2v) is 6.22. The zero-order valence-corrected chi connectivity index (χ0v) is 12.1. The van der Waals surface area contributed by atoms with E-state index in [1.54, 1.807) is 0 Å². The van der Waals surface area contributed by atoms with Gasteiger partial charge in [-0.2, -0.15) is 0 Å². The lowest BCUT2D eigenvalue weighted by Gasteiger charge is -2.32. The summed E-state index contributed by atoms with van der Waals surface area (Å²) < 4.78 is 0. The van der Waals surface area contributed by atoms with Crippen LogP contribution in [-0.4, -0.2) is 19.1 Å². The fourth-order valence-corrected chi connectivity index (χ4v) is 3.57. The van der Waals surface area contributed by atoms with Crippen LogP contribution < -0.4 is 10.2 Å². The molecule has 2 unspecified atom stereocenters. The molecule has 2 aliphatic rings. The molecule has 1 saturated carbocycles. The van der Waals surface area contributed by atoms with E-state index in [1.807, 2.05) is 0 Å². The van der Waals surface area contributed by atoms with Gasteiger partial charge in [0.15, 0.2) is 0 Å². The molecule has 2 fully saturated rings. The van der Waals surface area contributed by atoms with E-state index in [0.717, 1.165) is 5.92 Å². The van der Waals surface area contributed by atoms with E-state index in [-0.39, 0.29) is 0 Å². The van der Waals surface area contributed by atoms with Crippen LogP contribution in [0.2, 0.25) is 0 Å². The zero-order chi connectivity index (χ0) is 13.1. The average Bonchev–Trinajstić information content (AvgIpc) is 2.86. The lowest BCUT2D eigenvalue weighted by Crippen LogP contribution is -2.31. The molecule has 1 N–H and O–H groups in total. The summed E-state index contributed by atoms with van der Waals surface area (Å²) in [5.41, 5.74) is 2.77. The first kappa shape index (κ1) is 12.8. The van der Waals surface area contributed by atoms with Gasteiger partial charge in [-0.05, 0) is 50.2 Å². The summed E-state index contributed by atoms with van der Waals surface area (Å²) in [5.74, 6) is 0.814. The van der Waals surface area contributed by atoms with E-state index in [2.05, 4.69) is 41.4 Å². The Kier molecular flexibility index (Phi) is 3.95. The van der Waals surface area contributed by atoms with Crippen molar-refractivity contribution in [2.75, 3.05) is 23.3 Å². The van der Waals surface area contributed by atoms with E-state index >= 15 is 0 Å². The van der Waals surface area contributed by atoms with Gasteiger partial charge in [-0.3, -0.25) is 0 Å². The fraction of sp³-hybridized carbons (Fsp3) is 0.647. The predicted molar refractivity (Wildman–Crippen MR) is 82.9 cm³/mol. The highest BCUT2D eigenvalue weighted by atomic mass is 15.2. The van der Waals surface area contributed by atoms with Crippen molar-refractivity contribution < 1.29 is 0 Å². The second-order valence-electron chi connectivity index (χ2n) is 6.22. The standard InChI is InChI=1S/C17H26N2/c1-14-8-7-10-15(14)18-16-9-3-4-11-17(16)19-12-5-2-6-13-19/h3-4,9,11,14-15,18H,2,5-8,10,12-13H2,1H3. The van der Waals surface area contributed by atoms with Gasteiger partial charge in [0.05, 0.1) is 11.4 Å². The minimum atomic E-state index is 0.672. The van der Waals surface area contributed by atoms with Crippen LogP contribution in [0.1, 0.15) is 45.4 Å². The third-order valence-corrected chi connectivity index (χ3v) is 4.80. The molecule has 19 heavy (non-hydrogen) atoms. The lowest BCUT2D eigenvalue weighted by molar-refractivity contribution is 0.554. The Bertz CT molecular complexity index is 409. The summed E-state index contributed by atoms with van der Waals surface area (Å²) in [4.78, 5) is 2.56. The number of anilines is 2. The van der Waals surface area contributed by atoms with Crippen LogP contribution in [0.15, 0.2) is 24.3 Å². The molecule has 1 heterocycles. The van der Waals surface area contributed by atoms with Gasteiger partial charge in [0.25, 0.3) is 0 Å². The molecule has 0 aromatic heterocycles. The lowest BCUT2D eigenvalue weighted by atomic mass is 10.1. The van der Waals surface area contributed by atoms with Gasteiger partial charge in [0, 0.05) is 19.1 Å². The Balaban J connectivity index is 1.76. The minimum Gasteiger partial charge on any atom is -0.380 e. The molecule has 0 spiro atoms. The quantitative estimate of drug-likeness (QED) is 0.870. The molecule has 2 atom stereocenters. The molecule has 1 aromatic carbocycles. The molecule has 1 aliphatic carbocycles. The van der Waals surface area contributed by atoms with Crippen LogP contribution in [0.25, 0.3) is 0 Å². The van der Waals surface area contributed by atoms with Crippen LogP contribution in [0.4, 0.5) is 11.4 Å². The van der Waals surface area contributed by atoms with Gasteiger partial charge in [-0.25, -0.2) is 0 Å². The SMILES string of the molecule is CC1CCCC1Nc1ccccc1N1CCCCC1. The molecule has 3 rings (SSSR count). The number of hydrogen-bond donors (Lipinski definition) is 1. The molecule has 0 bridgehead atoms. The van der Waals surface area contributed by atoms with Crippen molar-refractivity contribution in [2.45, 2.75) is 51.5 Å². The van der Waals surface area contributed by atoms with Crippen LogP contribution in [0.3, 0.4) is 0 Å². The number of para-hydroxylation sites is 2. The maximum Gasteiger partial charge on any atom is 0.0602 e. The normalized spacial score (nSPS) is 27.5. The van der Waals surface area contributed by atoms with Crippen molar-refractivity contribution in [3.05, 3.63) is 24.3 Å². The van der Waals surface area contributed by atoms with Gasteiger partial charge in [-0.15, -0.1) is 0 Å². The minimum absolute atomic E-state index is 0.672. The van der Waals surface area contributed by atoms with Crippen molar-refractivity contribution in [1.29, 1.82) is 0 Å². The molecule has 0 amide bonds. The average molecular weight is 258 g/mol. The van der Waals surface area contributed by atoms with Crippen molar-refractivity contribution >= 4 is 11.4 Å². The number of piperidine rings is 1. The van der Waals surface area contributed by atoms with Gasteiger partial charge < -0.3 is 10.2 Å². The zero-order valence-electron chi connectivity index (χ0n) is 12.1. The smallest absolute Gasteiger partial charge is 0.0602 e. The van der Waals surface area contributed by atoms with Gasteiger partial charge in [0.1, 0.15) is 0 Å². The Labute approximate surface area is 117 Å². The Morgan fingerprint density at radius 2 is 1.79 bits per heavy atom. The summed E-state index contributed by atoms with van der Waals surface area (Å²) in [7, 11) is 0. The van der Waals surface area contributed by atoms with Crippen molar-refractivity contribution in [1.82, 2.24) is 0 Å². The number of benzene rings is 1. The van der Waals surface area contributed by atoms with Crippen molar-refractivity contribution in [2.24, 2.45) is 5.92 Å². The maximum atomic E-state index is 3.81. The first-order chi connectivity index (χ1) is 9.34. The van der Waals surface area contributed by atoms with Gasteiger partial charge in [0.2, 0.25) is 0 Å². The Hall–Kier alpha value is -1.18. The summed E-state index contributed by atoms with van der Waals surface area (Å²) in [6.45, 7) is 4.83. The largest absolute Gasteiger partial charge is 0.380 e. The molecule has 104 valence electrons. The number of nitrogens with one attached hydrogen (secondary N) is 1. The highest BCUT2D eigenvalue weighted by Crippen LogP contribution is 2.33. The van der Waals surface area contributed by atoms with Crippen LogP contribution in [-0.2, 0) is 0 Å². The van der Waals surface area contributed by atoms with E-state index in [9.17, 15) is 0 Å². The third kappa shape index (κ3) is 2.88. The summed E-state index contributed by atoms with van der Waals surface area (Å²) in [5, 5.41) is 3.81. The Morgan fingerprint density at radius 1 is 1.00 bits per heavy atom. The predicted octanol–water partition coefficient (Wildman–Crippen LogP) is 4.28. The maximum absolute atomic E-state index is 3.81. The van der Waals surface area contributed by atoms with Crippen LogP contribution in [0, 0.1) is 5.92 Å². The monoisotopic (exact) mass is 258 g/mol. The van der Waals surface area contributed by atoms with Gasteiger partial charge in [-0.1, -0.05) is 25.5 Å². The molecular formula is C17H26N2. The first-order valence-electron chi connectivity index (χ1n) is 7.95. The van der Waals surface area contributed by atoms with Crippen LogP contribution in [0.5, 0.6) is 0 Å². The third-order valence-electron chi connectivity index (χ3n) is 4.80. The molecule has 2 nitrogen and oxygen atoms in total. The molecule has 0 radical (unpaired) electrons. The summed E-state index contributed by atoms with van der Waals surface area (Å²) >= 11 is 0. The molecule has 1 aromatic rings. The van der Waals surface area contributed by atoms with E-state index < -0.39 is 0 Å². The van der Waals surface area contributed by atoms with Crippen LogP contribution >= 0.6 is 0 Å². The second kappa shape index (κ2) is 5.85. The summed E-state index contributed by atoms with van der Waals surface area (Å²) in [6.07, 6.45) is 8.16. The van der Waals surface area contributed by atoms with E-state index in [1.165, 1.54) is 63.0 Å². The first-order valence-corrected chi connectivity index (χ1v) is 7.95. The topological polar surface area (TPSA) is 15.3 Å². The van der Waals surface area contributed by atoms with E-state index in [0.29, 0.717) is 6.04 Å². The number of nitrogens with zero attached hydrogens (tertiary/aromatic N) is 1. The van der Waals surface area contributed by atoms with Gasteiger partial charge >= 0.3 is 0 Å².